The molecule has 0 amide bonds. The van der Waals surface area contributed by atoms with Crippen molar-refractivity contribution >= 4 is 10.5 Å². The Morgan fingerprint density at radius 2 is 2.07 bits per heavy atom. The van der Waals surface area contributed by atoms with Crippen LogP contribution in [0, 0.1) is 0 Å². The molecule has 1 unspecified atom stereocenters. The first-order valence-electron chi connectivity index (χ1n) is 5.51. The Morgan fingerprint density at radius 1 is 1.43 bits per heavy atom. The standard InChI is InChI=1S/C10H22O3Si/c1-3-10(4-2,13-14)5-6-11-7-9-8-12-9/h9H,3-8H2,1-2,14H3. The van der Waals surface area contributed by atoms with E-state index in [1.54, 1.807) is 0 Å². The summed E-state index contributed by atoms with van der Waals surface area (Å²) < 4.78 is 16.3. The number of hydrogen-bond donors (Lipinski definition) is 0. The molecule has 1 saturated heterocycles. The van der Waals surface area contributed by atoms with Crippen LogP contribution in [0.5, 0.6) is 0 Å². The normalized spacial score (nSPS) is 21.4. The van der Waals surface area contributed by atoms with Crippen molar-refractivity contribution in [3.63, 3.8) is 0 Å². The third-order valence-electron chi connectivity index (χ3n) is 3.13. The summed E-state index contributed by atoms with van der Waals surface area (Å²) in [6, 6.07) is 0. The molecule has 0 aromatic heterocycles. The highest BCUT2D eigenvalue weighted by Crippen LogP contribution is 2.23. The first-order valence-corrected chi connectivity index (χ1v) is 6.32. The summed E-state index contributed by atoms with van der Waals surface area (Å²) in [6.07, 6.45) is 3.55. The first kappa shape index (κ1) is 12.2. The Morgan fingerprint density at radius 3 is 2.50 bits per heavy atom. The van der Waals surface area contributed by atoms with E-state index in [1.807, 2.05) is 0 Å². The average Bonchev–Trinajstić information content (AvgIpc) is 3.03. The third-order valence-corrected chi connectivity index (χ3v) is 4.00. The molecule has 1 rings (SSSR count). The van der Waals surface area contributed by atoms with Crippen LogP contribution in [0.4, 0.5) is 0 Å². The van der Waals surface area contributed by atoms with E-state index in [4.69, 9.17) is 13.9 Å². The van der Waals surface area contributed by atoms with Crippen molar-refractivity contribution in [2.24, 2.45) is 0 Å². The van der Waals surface area contributed by atoms with Crippen LogP contribution in [0.15, 0.2) is 0 Å². The zero-order valence-corrected chi connectivity index (χ0v) is 11.5. The summed E-state index contributed by atoms with van der Waals surface area (Å²) in [5.74, 6) is 0. The minimum atomic E-state index is 0.0800. The summed E-state index contributed by atoms with van der Waals surface area (Å²) >= 11 is 0. The zero-order valence-electron chi connectivity index (χ0n) is 9.54. The minimum Gasteiger partial charge on any atom is -0.422 e. The Balaban J connectivity index is 2.11. The lowest BCUT2D eigenvalue weighted by atomic mass is 9.94. The molecule has 1 fully saturated rings. The average molecular weight is 218 g/mol. The molecule has 84 valence electrons. The van der Waals surface area contributed by atoms with Gasteiger partial charge in [-0.3, -0.25) is 0 Å². The quantitative estimate of drug-likeness (QED) is 0.340. The first-order chi connectivity index (χ1) is 6.76. The van der Waals surface area contributed by atoms with Crippen molar-refractivity contribution in [3.8, 4) is 0 Å². The van der Waals surface area contributed by atoms with Crippen LogP contribution in [-0.2, 0) is 13.9 Å². The summed E-state index contributed by atoms with van der Waals surface area (Å²) in [5, 5.41) is 0. The largest absolute Gasteiger partial charge is 0.422 e. The fourth-order valence-electron chi connectivity index (χ4n) is 1.63. The minimum absolute atomic E-state index is 0.0800. The molecule has 1 atom stereocenters. The molecule has 1 aliphatic rings. The fraction of sp³-hybridized carbons (Fsp3) is 1.00. The maximum Gasteiger partial charge on any atom is 0.146 e. The van der Waals surface area contributed by atoms with Crippen LogP contribution in [0.25, 0.3) is 0 Å². The highest BCUT2D eigenvalue weighted by molar-refractivity contribution is 5.98. The van der Waals surface area contributed by atoms with E-state index in [0.29, 0.717) is 6.10 Å². The molecule has 0 aromatic carbocycles. The van der Waals surface area contributed by atoms with E-state index in [2.05, 4.69) is 13.8 Å². The molecule has 4 heteroatoms. The molecule has 0 bridgehead atoms. The predicted molar refractivity (Wildman–Crippen MR) is 59.5 cm³/mol. The van der Waals surface area contributed by atoms with E-state index >= 15 is 0 Å². The SMILES string of the molecule is CCC(CC)(CCOCC1CO1)O[SiH3]. The van der Waals surface area contributed by atoms with Gasteiger partial charge in [-0.15, -0.1) is 0 Å². The topological polar surface area (TPSA) is 31.0 Å². The van der Waals surface area contributed by atoms with Crippen LogP contribution in [0.1, 0.15) is 33.1 Å². The van der Waals surface area contributed by atoms with Crippen molar-refractivity contribution in [2.75, 3.05) is 19.8 Å². The van der Waals surface area contributed by atoms with Gasteiger partial charge in [-0.1, -0.05) is 13.8 Å². The Labute approximate surface area is 89.7 Å². The lowest BCUT2D eigenvalue weighted by molar-refractivity contribution is 0.0177. The maximum absolute atomic E-state index is 5.69. The van der Waals surface area contributed by atoms with Gasteiger partial charge in [-0.05, 0) is 19.3 Å². The van der Waals surface area contributed by atoms with Gasteiger partial charge in [0, 0.05) is 6.61 Å². The van der Waals surface area contributed by atoms with Crippen molar-refractivity contribution in [1.82, 2.24) is 0 Å². The second-order valence-corrected chi connectivity index (χ2v) is 4.28. The van der Waals surface area contributed by atoms with E-state index in [9.17, 15) is 0 Å². The van der Waals surface area contributed by atoms with Gasteiger partial charge in [0.1, 0.15) is 16.6 Å². The second-order valence-electron chi connectivity index (χ2n) is 3.87. The maximum atomic E-state index is 5.69. The molecule has 0 aliphatic carbocycles. The molecular formula is C10H22O3Si. The van der Waals surface area contributed by atoms with Gasteiger partial charge >= 0.3 is 0 Å². The zero-order chi connectivity index (χ0) is 10.4. The monoisotopic (exact) mass is 218 g/mol. The lowest BCUT2D eigenvalue weighted by Crippen LogP contribution is -2.32. The van der Waals surface area contributed by atoms with E-state index in [0.717, 1.165) is 49.6 Å². The smallest absolute Gasteiger partial charge is 0.146 e. The van der Waals surface area contributed by atoms with Crippen molar-refractivity contribution in [2.45, 2.75) is 44.8 Å². The van der Waals surface area contributed by atoms with Crippen LogP contribution in [0.3, 0.4) is 0 Å². The van der Waals surface area contributed by atoms with Gasteiger partial charge < -0.3 is 13.9 Å². The van der Waals surface area contributed by atoms with Crippen LogP contribution in [-0.4, -0.2) is 42.0 Å². The molecule has 0 N–H and O–H groups in total. The summed E-state index contributed by atoms with van der Waals surface area (Å²) in [5.41, 5.74) is 0.0800. The number of epoxide rings is 1. The predicted octanol–water partition coefficient (Wildman–Crippen LogP) is 0.648. The third kappa shape index (κ3) is 3.69. The molecule has 14 heavy (non-hydrogen) atoms. The van der Waals surface area contributed by atoms with Gasteiger partial charge in [-0.25, -0.2) is 0 Å². The van der Waals surface area contributed by atoms with Crippen molar-refractivity contribution in [1.29, 1.82) is 0 Å². The van der Waals surface area contributed by atoms with Gasteiger partial charge in [-0.2, -0.15) is 0 Å². The molecule has 0 spiro atoms. The highest BCUT2D eigenvalue weighted by Gasteiger charge is 2.26. The molecule has 1 aliphatic heterocycles. The highest BCUT2D eigenvalue weighted by atomic mass is 28.2. The summed E-state index contributed by atoms with van der Waals surface area (Å²) in [6.45, 7) is 6.80. The van der Waals surface area contributed by atoms with E-state index in [1.165, 1.54) is 0 Å². The second kappa shape index (κ2) is 5.85. The number of ether oxygens (including phenoxy) is 2. The van der Waals surface area contributed by atoms with Gasteiger partial charge in [0.25, 0.3) is 0 Å². The van der Waals surface area contributed by atoms with Crippen LogP contribution < -0.4 is 0 Å². The van der Waals surface area contributed by atoms with Crippen molar-refractivity contribution < 1.29 is 13.9 Å². The number of hydrogen-bond acceptors (Lipinski definition) is 3. The van der Waals surface area contributed by atoms with Gasteiger partial charge in [0.05, 0.1) is 18.8 Å². The van der Waals surface area contributed by atoms with Gasteiger partial charge in [0.2, 0.25) is 0 Å². The van der Waals surface area contributed by atoms with Crippen LogP contribution in [0.2, 0.25) is 0 Å². The molecular weight excluding hydrogens is 196 g/mol. The van der Waals surface area contributed by atoms with E-state index < -0.39 is 0 Å². The lowest BCUT2D eigenvalue weighted by Gasteiger charge is -2.30. The summed E-state index contributed by atoms with van der Waals surface area (Å²) in [4.78, 5) is 0. The molecule has 3 nitrogen and oxygen atoms in total. The van der Waals surface area contributed by atoms with Gasteiger partial charge in [0.15, 0.2) is 0 Å². The number of rotatable bonds is 8. The Kier molecular flexibility index (Phi) is 5.09. The van der Waals surface area contributed by atoms with Crippen molar-refractivity contribution in [3.05, 3.63) is 0 Å². The van der Waals surface area contributed by atoms with Crippen LogP contribution >= 0.6 is 0 Å². The molecule has 0 saturated carbocycles. The van der Waals surface area contributed by atoms with E-state index in [-0.39, 0.29) is 5.60 Å². The molecule has 0 aromatic rings. The Hall–Kier alpha value is 0.0969. The Bertz CT molecular complexity index is 147. The fourth-order valence-corrected chi connectivity index (χ4v) is 2.41. The summed E-state index contributed by atoms with van der Waals surface area (Å²) in [7, 11) is 0.813. The molecule has 1 heterocycles. The molecule has 0 radical (unpaired) electrons.